The monoisotopic (exact) mass is 223 g/mol. The van der Waals surface area contributed by atoms with Crippen LogP contribution < -0.4 is 10.9 Å². The minimum absolute atomic E-state index is 0.658. The summed E-state index contributed by atoms with van der Waals surface area (Å²) in [4.78, 5) is 0. The largest absolute Gasteiger partial charge is 0.301 e. The van der Waals surface area contributed by atoms with E-state index in [0.29, 0.717) is 5.56 Å². The van der Waals surface area contributed by atoms with Crippen molar-refractivity contribution in [2.75, 3.05) is 10.9 Å². The standard InChI is InChI=1S/C14H13N3/c1-11-2-6-13(7-3-11)16-17-14-8-4-12(10-15)5-9-14/h2-9,16-17H,1H3. The first-order valence-corrected chi connectivity index (χ1v) is 5.37. The summed E-state index contributed by atoms with van der Waals surface area (Å²) in [6.07, 6.45) is 0. The van der Waals surface area contributed by atoms with Gasteiger partial charge in [0, 0.05) is 0 Å². The summed E-state index contributed by atoms with van der Waals surface area (Å²) in [5.74, 6) is 0. The van der Waals surface area contributed by atoms with Crippen LogP contribution in [0.25, 0.3) is 0 Å². The van der Waals surface area contributed by atoms with Crippen LogP contribution in [-0.4, -0.2) is 0 Å². The maximum absolute atomic E-state index is 8.68. The Labute approximate surface area is 101 Å². The Bertz CT molecular complexity index is 521. The second-order valence-electron chi connectivity index (χ2n) is 3.81. The molecule has 0 amide bonds. The Kier molecular flexibility index (Phi) is 3.27. The molecule has 0 aliphatic carbocycles. The molecule has 17 heavy (non-hydrogen) atoms. The molecule has 0 unspecified atom stereocenters. The number of hydrogen-bond acceptors (Lipinski definition) is 3. The van der Waals surface area contributed by atoms with Crippen molar-refractivity contribution in [1.29, 1.82) is 5.26 Å². The highest BCUT2D eigenvalue weighted by molar-refractivity contribution is 5.54. The first-order chi connectivity index (χ1) is 8.28. The Morgan fingerprint density at radius 2 is 1.29 bits per heavy atom. The molecule has 0 atom stereocenters. The van der Waals surface area contributed by atoms with E-state index < -0.39 is 0 Å². The summed E-state index contributed by atoms with van der Waals surface area (Å²) < 4.78 is 0. The summed E-state index contributed by atoms with van der Waals surface area (Å²) >= 11 is 0. The van der Waals surface area contributed by atoms with Crippen molar-refractivity contribution < 1.29 is 0 Å². The first-order valence-electron chi connectivity index (χ1n) is 5.37. The molecule has 0 aliphatic rings. The van der Waals surface area contributed by atoms with Crippen LogP contribution >= 0.6 is 0 Å². The van der Waals surface area contributed by atoms with Crippen molar-refractivity contribution in [1.82, 2.24) is 0 Å². The van der Waals surface area contributed by atoms with Gasteiger partial charge in [-0.15, -0.1) is 0 Å². The van der Waals surface area contributed by atoms with E-state index in [1.807, 2.05) is 36.4 Å². The number of nitrogens with zero attached hydrogens (tertiary/aromatic N) is 1. The maximum Gasteiger partial charge on any atom is 0.0991 e. The molecule has 0 saturated carbocycles. The van der Waals surface area contributed by atoms with Crippen molar-refractivity contribution in [3.63, 3.8) is 0 Å². The first kappa shape index (κ1) is 11.0. The third kappa shape index (κ3) is 2.99. The Hall–Kier alpha value is -2.47. The van der Waals surface area contributed by atoms with Crippen molar-refractivity contribution in [3.05, 3.63) is 59.7 Å². The fourth-order valence-electron chi connectivity index (χ4n) is 1.41. The minimum Gasteiger partial charge on any atom is -0.301 e. The maximum atomic E-state index is 8.68. The number of nitrogens with one attached hydrogen (secondary N) is 2. The Balaban J connectivity index is 1.98. The van der Waals surface area contributed by atoms with Crippen LogP contribution in [0.2, 0.25) is 0 Å². The molecule has 0 radical (unpaired) electrons. The molecule has 2 N–H and O–H groups in total. The molecular formula is C14H13N3. The van der Waals surface area contributed by atoms with Gasteiger partial charge < -0.3 is 10.9 Å². The average Bonchev–Trinajstić information content (AvgIpc) is 2.39. The molecule has 2 aromatic carbocycles. The van der Waals surface area contributed by atoms with Gasteiger partial charge in [-0.2, -0.15) is 5.26 Å². The lowest BCUT2D eigenvalue weighted by Gasteiger charge is -2.09. The summed E-state index contributed by atoms with van der Waals surface area (Å²) in [5.41, 5.74) is 9.97. The smallest absolute Gasteiger partial charge is 0.0991 e. The third-order valence-electron chi connectivity index (χ3n) is 2.42. The molecule has 0 heterocycles. The van der Waals surface area contributed by atoms with Gasteiger partial charge in [0.15, 0.2) is 0 Å². The topological polar surface area (TPSA) is 47.8 Å². The molecule has 2 rings (SSSR count). The predicted molar refractivity (Wildman–Crippen MR) is 69.6 cm³/mol. The van der Waals surface area contributed by atoms with E-state index in [2.05, 4.69) is 23.8 Å². The SMILES string of the molecule is Cc1ccc(NNc2ccc(C#N)cc2)cc1. The van der Waals surface area contributed by atoms with E-state index in [1.54, 1.807) is 12.1 Å². The van der Waals surface area contributed by atoms with Crippen LogP contribution in [0.5, 0.6) is 0 Å². The lowest BCUT2D eigenvalue weighted by atomic mass is 10.2. The zero-order valence-corrected chi connectivity index (χ0v) is 9.57. The second kappa shape index (κ2) is 5.04. The quantitative estimate of drug-likeness (QED) is 0.785. The van der Waals surface area contributed by atoms with Crippen LogP contribution in [0.3, 0.4) is 0 Å². The highest BCUT2D eigenvalue weighted by Gasteiger charge is 1.93. The molecule has 0 aliphatic heterocycles. The van der Waals surface area contributed by atoms with Crippen LogP contribution in [-0.2, 0) is 0 Å². The zero-order valence-electron chi connectivity index (χ0n) is 9.57. The van der Waals surface area contributed by atoms with E-state index in [1.165, 1.54) is 5.56 Å². The van der Waals surface area contributed by atoms with Crippen molar-refractivity contribution in [3.8, 4) is 6.07 Å². The predicted octanol–water partition coefficient (Wildman–Crippen LogP) is 3.31. The number of rotatable bonds is 3. The molecule has 3 heteroatoms. The summed E-state index contributed by atoms with van der Waals surface area (Å²) in [6.45, 7) is 2.05. The molecule has 0 spiro atoms. The molecule has 0 fully saturated rings. The molecular weight excluding hydrogens is 210 g/mol. The second-order valence-corrected chi connectivity index (χ2v) is 3.81. The average molecular weight is 223 g/mol. The molecule has 3 nitrogen and oxygen atoms in total. The van der Waals surface area contributed by atoms with Crippen LogP contribution in [0.4, 0.5) is 11.4 Å². The Morgan fingerprint density at radius 1 is 0.824 bits per heavy atom. The summed E-state index contributed by atoms with van der Waals surface area (Å²) in [7, 11) is 0. The Morgan fingerprint density at radius 3 is 1.76 bits per heavy atom. The highest BCUT2D eigenvalue weighted by Crippen LogP contribution is 2.12. The van der Waals surface area contributed by atoms with Gasteiger partial charge in [-0.1, -0.05) is 17.7 Å². The zero-order chi connectivity index (χ0) is 12.1. The number of anilines is 2. The van der Waals surface area contributed by atoms with E-state index in [4.69, 9.17) is 5.26 Å². The van der Waals surface area contributed by atoms with E-state index in [0.717, 1.165) is 11.4 Å². The van der Waals surface area contributed by atoms with Gasteiger partial charge in [0.25, 0.3) is 0 Å². The minimum atomic E-state index is 0.658. The number of aryl methyl sites for hydroxylation is 1. The fraction of sp³-hybridized carbons (Fsp3) is 0.0714. The molecule has 0 bridgehead atoms. The van der Waals surface area contributed by atoms with E-state index >= 15 is 0 Å². The third-order valence-corrected chi connectivity index (χ3v) is 2.42. The van der Waals surface area contributed by atoms with Crippen LogP contribution in [0.1, 0.15) is 11.1 Å². The lowest BCUT2D eigenvalue weighted by molar-refractivity contribution is 1.38. The van der Waals surface area contributed by atoms with Crippen molar-refractivity contribution in [2.45, 2.75) is 6.92 Å². The molecule has 0 saturated heterocycles. The van der Waals surface area contributed by atoms with Gasteiger partial charge in [-0.25, -0.2) is 0 Å². The molecule has 0 aromatic heterocycles. The van der Waals surface area contributed by atoms with Crippen molar-refractivity contribution >= 4 is 11.4 Å². The lowest BCUT2D eigenvalue weighted by Crippen LogP contribution is -2.08. The van der Waals surface area contributed by atoms with E-state index in [-0.39, 0.29) is 0 Å². The van der Waals surface area contributed by atoms with Gasteiger partial charge in [0.05, 0.1) is 23.0 Å². The van der Waals surface area contributed by atoms with Crippen molar-refractivity contribution in [2.24, 2.45) is 0 Å². The van der Waals surface area contributed by atoms with Gasteiger partial charge in [0.2, 0.25) is 0 Å². The number of hydrogen-bond donors (Lipinski definition) is 2. The number of benzene rings is 2. The van der Waals surface area contributed by atoms with E-state index in [9.17, 15) is 0 Å². The summed E-state index contributed by atoms with van der Waals surface area (Å²) in [5, 5.41) is 8.68. The normalized spacial score (nSPS) is 9.41. The van der Waals surface area contributed by atoms with Gasteiger partial charge in [0.1, 0.15) is 0 Å². The number of nitriles is 1. The highest BCUT2D eigenvalue weighted by atomic mass is 15.4. The molecule has 84 valence electrons. The summed E-state index contributed by atoms with van der Waals surface area (Å²) in [6, 6.07) is 17.5. The van der Waals surface area contributed by atoms with Gasteiger partial charge in [-0.05, 0) is 43.3 Å². The fourth-order valence-corrected chi connectivity index (χ4v) is 1.41. The molecule has 2 aromatic rings. The van der Waals surface area contributed by atoms with Crippen LogP contribution in [0.15, 0.2) is 48.5 Å². The van der Waals surface area contributed by atoms with Gasteiger partial charge in [-0.3, -0.25) is 0 Å². The van der Waals surface area contributed by atoms with Gasteiger partial charge >= 0.3 is 0 Å². The van der Waals surface area contributed by atoms with Crippen LogP contribution in [0, 0.1) is 18.3 Å². The number of hydrazine groups is 1.